The predicted octanol–water partition coefficient (Wildman–Crippen LogP) is 3.37. The molecule has 1 aromatic carbocycles. The first-order valence-corrected chi connectivity index (χ1v) is 9.77. The lowest BCUT2D eigenvalue weighted by atomic mass is 9.74. The summed E-state index contributed by atoms with van der Waals surface area (Å²) in [5, 5.41) is 10.1. The number of carbonyl (C=O) groups is 1. The third-order valence-corrected chi connectivity index (χ3v) is 5.48. The van der Waals surface area contributed by atoms with Crippen molar-refractivity contribution in [2.24, 2.45) is 0 Å². The number of hydrogen-bond donors (Lipinski definition) is 2. The first-order chi connectivity index (χ1) is 14.7. The van der Waals surface area contributed by atoms with Crippen LogP contribution in [0.2, 0.25) is 0 Å². The molecule has 1 aliphatic rings. The van der Waals surface area contributed by atoms with Crippen LogP contribution in [-0.4, -0.2) is 41.4 Å². The molecule has 3 aromatic rings. The van der Waals surface area contributed by atoms with Crippen LogP contribution >= 0.6 is 0 Å². The van der Waals surface area contributed by atoms with Crippen molar-refractivity contribution in [2.45, 2.75) is 24.7 Å². The fourth-order valence-electron chi connectivity index (χ4n) is 3.86. The maximum absolute atomic E-state index is 12.5. The van der Waals surface area contributed by atoms with Crippen molar-refractivity contribution in [1.29, 1.82) is 0 Å². The molecule has 1 unspecified atom stereocenters. The molecule has 2 aromatic heterocycles. The Morgan fingerprint density at radius 2 is 1.97 bits per heavy atom. The van der Waals surface area contributed by atoms with Crippen molar-refractivity contribution in [1.82, 2.24) is 15.4 Å². The summed E-state index contributed by atoms with van der Waals surface area (Å²) in [6.45, 7) is 1.07. The number of hydrogen-bond acceptors (Lipinski definition) is 7. The van der Waals surface area contributed by atoms with Gasteiger partial charge in [-0.1, -0.05) is 12.1 Å². The number of hydroxylamine groups is 1. The Balaban J connectivity index is 1.62. The number of nitrogens with zero attached hydrogens (tertiary/aromatic N) is 2. The van der Waals surface area contributed by atoms with Gasteiger partial charge in [-0.15, -0.1) is 0 Å². The smallest absolute Gasteiger partial charge is 0.254 e. The number of amides is 1. The molecule has 1 fully saturated rings. The zero-order valence-corrected chi connectivity index (χ0v) is 16.6. The molecular weight excluding hydrogens is 386 g/mol. The van der Waals surface area contributed by atoms with Crippen LogP contribution in [0.15, 0.2) is 48.7 Å². The first-order valence-electron chi connectivity index (χ1n) is 9.77. The standard InChI is InChI=1S/C22H23N3O5/c1-28-19-8-7-17-18(9-12-23-20(17)24-19)30-16-5-3-15(4-6-16)22(21(26)25-27)10-2-13-29-14-11-22/h3-9,12,27H,2,10-11,13-14H2,1H3,(H,25,26). The monoisotopic (exact) mass is 409 g/mol. The van der Waals surface area contributed by atoms with Crippen molar-refractivity contribution in [2.75, 3.05) is 20.3 Å². The van der Waals surface area contributed by atoms with Crippen molar-refractivity contribution >= 4 is 16.9 Å². The molecule has 0 aliphatic carbocycles. The molecule has 156 valence electrons. The van der Waals surface area contributed by atoms with Crippen LogP contribution in [0.5, 0.6) is 17.4 Å². The fourth-order valence-corrected chi connectivity index (χ4v) is 3.86. The van der Waals surface area contributed by atoms with E-state index in [4.69, 9.17) is 14.2 Å². The SMILES string of the molecule is COc1ccc2c(Oc3ccc(C4(C(=O)NO)CCCOCC4)cc3)ccnc2n1. The van der Waals surface area contributed by atoms with Crippen LogP contribution in [0.25, 0.3) is 11.0 Å². The number of rotatable bonds is 5. The normalized spacial score (nSPS) is 19.1. The van der Waals surface area contributed by atoms with Gasteiger partial charge in [0.25, 0.3) is 5.91 Å². The zero-order chi connectivity index (χ0) is 21.0. The molecule has 2 N–H and O–H groups in total. The van der Waals surface area contributed by atoms with Gasteiger partial charge in [0.2, 0.25) is 5.88 Å². The number of methoxy groups -OCH3 is 1. The Hall–Kier alpha value is -3.23. The second kappa shape index (κ2) is 8.64. The summed E-state index contributed by atoms with van der Waals surface area (Å²) in [6, 6.07) is 12.7. The van der Waals surface area contributed by atoms with Crippen LogP contribution < -0.4 is 15.0 Å². The van der Waals surface area contributed by atoms with Crippen LogP contribution in [-0.2, 0) is 14.9 Å². The molecule has 1 saturated heterocycles. The van der Waals surface area contributed by atoms with E-state index in [1.54, 1.807) is 25.4 Å². The summed E-state index contributed by atoms with van der Waals surface area (Å²) in [5.41, 5.74) is 2.36. The van der Waals surface area contributed by atoms with E-state index < -0.39 is 11.3 Å². The van der Waals surface area contributed by atoms with Gasteiger partial charge >= 0.3 is 0 Å². The Bertz CT molecular complexity index is 1030. The molecule has 4 rings (SSSR count). The lowest BCUT2D eigenvalue weighted by Crippen LogP contribution is -2.43. The zero-order valence-electron chi connectivity index (χ0n) is 16.6. The topological polar surface area (TPSA) is 103 Å². The van der Waals surface area contributed by atoms with Crippen molar-refractivity contribution < 1.29 is 24.2 Å². The summed E-state index contributed by atoms with van der Waals surface area (Å²) in [6.07, 6.45) is 3.47. The number of nitrogens with one attached hydrogen (secondary N) is 1. The Morgan fingerprint density at radius 1 is 1.13 bits per heavy atom. The highest BCUT2D eigenvalue weighted by molar-refractivity contribution is 5.87. The molecule has 0 saturated carbocycles. The van der Waals surface area contributed by atoms with Gasteiger partial charge in [-0.2, -0.15) is 4.98 Å². The Morgan fingerprint density at radius 3 is 2.73 bits per heavy atom. The second-order valence-corrected chi connectivity index (χ2v) is 7.15. The summed E-state index contributed by atoms with van der Waals surface area (Å²) < 4.78 is 16.7. The number of carbonyl (C=O) groups excluding carboxylic acids is 1. The third kappa shape index (κ3) is 3.79. The van der Waals surface area contributed by atoms with E-state index in [1.165, 1.54) is 0 Å². The molecule has 1 amide bonds. The number of fused-ring (bicyclic) bond motifs is 1. The maximum atomic E-state index is 12.5. The van der Waals surface area contributed by atoms with Gasteiger partial charge in [0.1, 0.15) is 11.5 Å². The number of benzene rings is 1. The molecule has 0 bridgehead atoms. The van der Waals surface area contributed by atoms with Gasteiger partial charge in [-0.3, -0.25) is 10.0 Å². The van der Waals surface area contributed by atoms with Gasteiger partial charge in [-0.25, -0.2) is 10.5 Å². The van der Waals surface area contributed by atoms with Gasteiger partial charge < -0.3 is 14.2 Å². The molecular formula is C22H23N3O5. The third-order valence-electron chi connectivity index (χ3n) is 5.48. The number of pyridine rings is 2. The molecule has 0 radical (unpaired) electrons. The van der Waals surface area contributed by atoms with Crippen LogP contribution in [0.4, 0.5) is 0 Å². The molecule has 30 heavy (non-hydrogen) atoms. The first kappa shape index (κ1) is 20.1. The lowest BCUT2D eigenvalue weighted by Gasteiger charge is -2.30. The molecule has 1 atom stereocenters. The van der Waals surface area contributed by atoms with Crippen LogP contribution in [0, 0.1) is 0 Å². The van der Waals surface area contributed by atoms with Crippen molar-refractivity contribution in [3.05, 3.63) is 54.2 Å². The van der Waals surface area contributed by atoms with E-state index in [1.807, 2.05) is 35.8 Å². The van der Waals surface area contributed by atoms with Crippen molar-refractivity contribution in [3.63, 3.8) is 0 Å². The Kier molecular flexibility index (Phi) is 5.78. The number of ether oxygens (including phenoxy) is 3. The summed E-state index contributed by atoms with van der Waals surface area (Å²) in [7, 11) is 1.56. The van der Waals surface area contributed by atoms with Crippen molar-refractivity contribution in [3.8, 4) is 17.4 Å². The average Bonchev–Trinajstić information content (AvgIpc) is 3.06. The minimum absolute atomic E-state index is 0.415. The van der Waals surface area contributed by atoms with E-state index in [-0.39, 0.29) is 0 Å². The summed E-state index contributed by atoms with van der Waals surface area (Å²) >= 11 is 0. The lowest BCUT2D eigenvalue weighted by molar-refractivity contribution is -0.136. The van der Waals surface area contributed by atoms with Gasteiger partial charge in [0.15, 0.2) is 5.65 Å². The molecule has 0 spiro atoms. The average molecular weight is 409 g/mol. The van der Waals surface area contributed by atoms with Gasteiger partial charge in [0, 0.05) is 25.5 Å². The van der Waals surface area contributed by atoms with Gasteiger partial charge in [-0.05, 0) is 49.1 Å². The van der Waals surface area contributed by atoms with Gasteiger partial charge in [0.05, 0.1) is 17.9 Å². The highest BCUT2D eigenvalue weighted by Gasteiger charge is 2.40. The maximum Gasteiger partial charge on any atom is 0.254 e. The summed E-state index contributed by atoms with van der Waals surface area (Å²) in [4.78, 5) is 21.1. The van der Waals surface area contributed by atoms with E-state index in [0.29, 0.717) is 49.1 Å². The molecule has 8 heteroatoms. The molecule has 1 aliphatic heterocycles. The number of aromatic nitrogens is 2. The molecule has 3 heterocycles. The predicted molar refractivity (Wildman–Crippen MR) is 109 cm³/mol. The molecule has 8 nitrogen and oxygen atoms in total. The highest BCUT2D eigenvalue weighted by atomic mass is 16.5. The Labute approximate surface area is 173 Å². The van der Waals surface area contributed by atoms with E-state index in [0.717, 1.165) is 17.4 Å². The highest BCUT2D eigenvalue weighted by Crippen LogP contribution is 2.37. The fraction of sp³-hybridized carbons (Fsp3) is 0.318. The minimum atomic E-state index is -0.826. The van der Waals surface area contributed by atoms with E-state index in [2.05, 4.69) is 9.97 Å². The van der Waals surface area contributed by atoms with E-state index in [9.17, 15) is 10.0 Å². The quantitative estimate of drug-likeness (QED) is 0.492. The van der Waals surface area contributed by atoms with Crippen LogP contribution in [0.1, 0.15) is 24.8 Å². The second-order valence-electron chi connectivity index (χ2n) is 7.15. The minimum Gasteiger partial charge on any atom is -0.481 e. The largest absolute Gasteiger partial charge is 0.481 e. The summed E-state index contributed by atoms with van der Waals surface area (Å²) in [5.74, 6) is 1.30. The van der Waals surface area contributed by atoms with Crippen LogP contribution in [0.3, 0.4) is 0 Å². The van der Waals surface area contributed by atoms with E-state index >= 15 is 0 Å².